The van der Waals surface area contributed by atoms with Gasteiger partial charge in [0, 0.05) is 28.2 Å². The van der Waals surface area contributed by atoms with Crippen LogP contribution >= 0.6 is 11.8 Å². The van der Waals surface area contributed by atoms with E-state index in [4.69, 9.17) is 9.15 Å². The molecule has 9 atom stereocenters. The van der Waals surface area contributed by atoms with E-state index in [0.29, 0.717) is 11.8 Å². The average molecular weight is 693 g/mol. The largest absolute Gasteiger partial charge is 0.472 e. The zero-order chi connectivity index (χ0) is 35.0. The first-order chi connectivity index (χ1) is 22.4. The first-order valence-electron chi connectivity index (χ1n) is 15.5. The summed E-state index contributed by atoms with van der Waals surface area (Å²) in [5.74, 6) is -5.36. The number of benzene rings is 1. The zero-order valence-electron chi connectivity index (χ0n) is 26.2. The molecule has 13 heteroatoms. The summed E-state index contributed by atoms with van der Waals surface area (Å²) >= 11 is 0.512. The number of esters is 1. The summed E-state index contributed by atoms with van der Waals surface area (Å²) in [6.07, 6.45) is -2.91. The fourth-order valence-corrected chi connectivity index (χ4v) is 10.1. The third kappa shape index (κ3) is 4.86. The molecule has 0 radical (unpaired) electrons. The minimum Gasteiger partial charge on any atom is -0.472 e. The molecule has 48 heavy (non-hydrogen) atoms. The summed E-state index contributed by atoms with van der Waals surface area (Å²) in [5.41, 5.74) is -8.71. The lowest BCUT2D eigenvalue weighted by Gasteiger charge is -2.63. The number of aliphatic hydroxyl groups is 1. The maximum atomic E-state index is 17.7. The summed E-state index contributed by atoms with van der Waals surface area (Å²) in [5, 5.41) is 11.0. The van der Waals surface area contributed by atoms with Crippen molar-refractivity contribution in [2.45, 2.75) is 69.8 Å². The topological polar surface area (TPSA) is 111 Å². The highest BCUT2D eigenvalue weighted by molar-refractivity contribution is 8.14. The summed E-state index contributed by atoms with van der Waals surface area (Å²) in [6.45, 7) is 4.69. The number of furan rings is 1. The SMILES string of the molecule is C[C@@H]1C[C@H]2[C@@H]3C[C@H](F)C4=CC(=O)C=C[C@]4(C)[C@@]3(F)[C@@H](O)C[C@]2(C)[C@@]1(OC(=O)c1ccoc1)C(=O)SCC(=O)c1ccc(C(F)(F)F)cc1. The van der Waals surface area contributed by atoms with E-state index in [1.807, 2.05) is 0 Å². The predicted octanol–water partition coefficient (Wildman–Crippen LogP) is 6.90. The van der Waals surface area contributed by atoms with Gasteiger partial charge in [0.2, 0.25) is 5.12 Å². The van der Waals surface area contributed by atoms with Gasteiger partial charge in [-0.2, -0.15) is 13.2 Å². The van der Waals surface area contributed by atoms with Crippen LogP contribution in [0.2, 0.25) is 0 Å². The van der Waals surface area contributed by atoms with Crippen LogP contribution in [0.25, 0.3) is 0 Å². The Morgan fingerprint density at radius 2 is 1.75 bits per heavy atom. The van der Waals surface area contributed by atoms with Crippen molar-refractivity contribution < 1.29 is 55.4 Å². The molecule has 2 aromatic rings. The number of alkyl halides is 5. The van der Waals surface area contributed by atoms with Gasteiger partial charge in [-0.15, -0.1) is 0 Å². The van der Waals surface area contributed by atoms with E-state index in [9.17, 15) is 37.5 Å². The van der Waals surface area contributed by atoms with Crippen molar-refractivity contribution in [1.29, 1.82) is 0 Å². The Labute approximate surface area is 277 Å². The summed E-state index contributed by atoms with van der Waals surface area (Å²) in [6, 6.07) is 4.85. The lowest BCUT2D eigenvalue weighted by molar-refractivity contribution is -0.221. The monoisotopic (exact) mass is 692 g/mol. The molecule has 1 N–H and O–H groups in total. The molecule has 0 spiro atoms. The molecule has 4 aliphatic rings. The second-order valence-electron chi connectivity index (χ2n) is 13.7. The van der Waals surface area contributed by atoms with Gasteiger partial charge in [-0.1, -0.05) is 43.8 Å². The van der Waals surface area contributed by atoms with E-state index >= 15 is 8.78 Å². The number of carbonyl (C=O) groups is 4. The number of hydrogen-bond acceptors (Lipinski definition) is 8. The number of rotatable bonds is 6. The number of ether oxygens (including phenoxy) is 1. The van der Waals surface area contributed by atoms with E-state index in [2.05, 4.69) is 0 Å². The molecule has 0 saturated heterocycles. The minimum atomic E-state index is -4.61. The van der Waals surface area contributed by atoms with Gasteiger partial charge in [-0.05, 0) is 68.0 Å². The van der Waals surface area contributed by atoms with Gasteiger partial charge >= 0.3 is 12.1 Å². The highest BCUT2D eigenvalue weighted by Crippen LogP contribution is 2.72. The molecule has 3 fully saturated rings. The smallest absolute Gasteiger partial charge is 0.416 e. The predicted molar refractivity (Wildman–Crippen MR) is 163 cm³/mol. The Hall–Kier alpha value is -3.58. The second kappa shape index (κ2) is 11.5. The third-order valence-corrected chi connectivity index (χ3v) is 12.3. The molecule has 4 aliphatic carbocycles. The van der Waals surface area contributed by atoms with Crippen LogP contribution in [0, 0.1) is 28.6 Å². The van der Waals surface area contributed by atoms with E-state index < -0.39 is 92.3 Å². The van der Waals surface area contributed by atoms with Crippen molar-refractivity contribution >= 4 is 34.4 Å². The number of fused-ring (bicyclic) bond motifs is 5. The van der Waals surface area contributed by atoms with Crippen LogP contribution in [0.15, 0.2) is 71.1 Å². The molecule has 1 heterocycles. The number of thioether (sulfide) groups is 1. The van der Waals surface area contributed by atoms with Gasteiger partial charge < -0.3 is 14.3 Å². The first kappa shape index (κ1) is 34.3. The molecule has 6 rings (SSSR count). The van der Waals surface area contributed by atoms with Crippen molar-refractivity contribution in [3.63, 3.8) is 0 Å². The molecule has 0 unspecified atom stereocenters. The van der Waals surface area contributed by atoms with Crippen LogP contribution in [0.1, 0.15) is 66.3 Å². The van der Waals surface area contributed by atoms with Gasteiger partial charge in [0.1, 0.15) is 12.4 Å². The Bertz CT molecular complexity index is 1720. The fourth-order valence-electron chi connectivity index (χ4n) is 8.97. The maximum absolute atomic E-state index is 17.7. The van der Waals surface area contributed by atoms with Crippen molar-refractivity contribution in [2.24, 2.45) is 28.6 Å². The lowest BCUT2D eigenvalue weighted by atomic mass is 9.44. The third-order valence-electron chi connectivity index (χ3n) is 11.4. The lowest BCUT2D eigenvalue weighted by Crippen LogP contribution is -2.70. The molecule has 3 saturated carbocycles. The molecule has 0 aliphatic heterocycles. The molecule has 256 valence electrons. The number of aliphatic hydroxyl groups excluding tert-OH is 1. The Morgan fingerprint density at radius 1 is 1.06 bits per heavy atom. The molecule has 1 aromatic heterocycles. The van der Waals surface area contributed by atoms with Crippen LogP contribution in [0.3, 0.4) is 0 Å². The molecule has 7 nitrogen and oxygen atoms in total. The van der Waals surface area contributed by atoms with Crippen molar-refractivity contribution in [2.75, 3.05) is 5.75 Å². The van der Waals surface area contributed by atoms with Crippen LogP contribution in [0.4, 0.5) is 22.0 Å². The number of halogens is 5. The highest BCUT2D eigenvalue weighted by atomic mass is 32.2. The molecular formula is C35H33F5O7S. The normalized spacial score (nSPS) is 37.2. The Morgan fingerprint density at radius 3 is 2.38 bits per heavy atom. The van der Waals surface area contributed by atoms with E-state index in [1.54, 1.807) is 13.8 Å². The number of ketones is 2. The number of hydrogen-bond donors (Lipinski definition) is 1. The first-order valence-corrected chi connectivity index (χ1v) is 16.5. The fraction of sp³-hybridized carbons (Fsp3) is 0.486. The Balaban J connectivity index is 1.37. The van der Waals surface area contributed by atoms with Crippen LogP contribution < -0.4 is 0 Å². The number of allylic oxidation sites excluding steroid dienone is 4. The van der Waals surface area contributed by atoms with Crippen LogP contribution in [0.5, 0.6) is 0 Å². The van der Waals surface area contributed by atoms with E-state index in [0.717, 1.165) is 42.7 Å². The maximum Gasteiger partial charge on any atom is 0.416 e. The standard InChI is InChI=1S/C35H33F5O7S/c1-18-12-23-24-14-26(36)25-13-22(41)8-10-31(25,2)33(24,37)28(43)15-32(23,3)34(18,47-29(44)20-9-11-46-16-20)30(45)48-17-27(42)19-4-6-21(7-5-19)35(38,39)40/h4-11,13,16,18,23-24,26,28,43H,12,14-15,17H2,1-3H3/t18-,23+,24+,26+,28+,31+,32+,33+,34+/m1/s1. The van der Waals surface area contributed by atoms with Crippen molar-refractivity contribution in [3.05, 3.63) is 83.3 Å². The van der Waals surface area contributed by atoms with Crippen molar-refractivity contribution in [3.8, 4) is 0 Å². The van der Waals surface area contributed by atoms with E-state index in [-0.39, 0.29) is 36.0 Å². The van der Waals surface area contributed by atoms with Crippen LogP contribution in [-0.2, 0) is 20.5 Å². The minimum absolute atomic E-state index is 0.0239. The van der Waals surface area contributed by atoms with Crippen LogP contribution in [-0.4, -0.2) is 57.1 Å². The molecule has 0 amide bonds. The summed E-state index contributed by atoms with van der Waals surface area (Å²) < 4.78 is 83.9. The van der Waals surface area contributed by atoms with Crippen molar-refractivity contribution in [1.82, 2.24) is 0 Å². The summed E-state index contributed by atoms with van der Waals surface area (Å²) in [7, 11) is 0. The highest BCUT2D eigenvalue weighted by Gasteiger charge is 2.78. The van der Waals surface area contributed by atoms with Gasteiger partial charge in [-0.3, -0.25) is 14.4 Å². The molecule has 0 bridgehead atoms. The van der Waals surface area contributed by atoms with Gasteiger partial charge in [0.25, 0.3) is 0 Å². The quantitative estimate of drug-likeness (QED) is 0.198. The number of carbonyl (C=O) groups excluding carboxylic acids is 4. The van der Waals surface area contributed by atoms with Gasteiger partial charge in [0.15, 0.2) is 22.8 Å². The van der Waals surface area contributed by atoms with E-state index in [1.165, 1.54) is 25.3 Å². The van der Waals surface area contributed by atoms with Gasteiger partial charge in [0.05, 0.1) is 29.2 Å². The number of Topliss-reactive ketones (excluding diaryl/α,β-unsaturated/α-hetero) is 1. The molecule has 1 aromatic carbocycles. The van der Waals surface area contributed by atoms with Gasteiger partial charge in [-0.25, -0.2) is 13.6 Å². The Kier molecular flexibility index (Phi) is 8.22. The summed E-state index contributed by atoms with van der Waals surface area (Å²) in [4.78, 5) is 53.2. The zero-order valence-corrected chi connectivity index (χ0v) is 27.0. The average Bonchev–Trinajstić information content (AvgIpc) is 3.64. The molecular weight excluding hydrogens is 659 g/mol. The second-order valence-corrected chi connectivity index (χ2v) is 14.7.